The van der Waals surface area contributed by atoms with Crippen LogP contribution in [0.3, 0.4) is 0 Å². The van der Waals surface area contributed by atoms with Crippen LogP contribution in [-0.4, -0.2) is 81.2 Å². The Labute approximate surface area is 155 Å². The van der Waals surface area contributed by atoms with E-state index in [1.165, 1.54) is 0 Å². The van der Waals surface area contributed by atoms with Crippen molar-refractivity contribution in [1.82, 2.24) is 14.9 Å². The van der Waals surface area contributed by atoms with Crippen LogP contribution in [0.2, 0.25) is 0 Å². The highest BCUT2D eigenvalue weighted by atomic mass is 16.5. The normalized spacial score (nSPS) is 18.3. The lowest BCUT2D eigenvalue weighted by atomic mass is 10.2. The predicted octanol–water partition coefficient (Wildman–Crippen LogP) is 1.36. The van der Waals surface area contributed by atoms with Crippen molar-refractivity contribution in [1.29, 1.82) is 5.26 Å². The first kappa shape index (κ1) is 18.2. The molecule has 1 aromatic rings. The van der Waals surface area contributed by atoms with E-state index in [0.717, 1.165) is 50.7 Å². The van der Waals surface area contributed by atoms with Gasteiger partial charge in [0.15, 0.2) is 5.76 Å². The minimum absolute atomic E-state index is 0.658. The fourth-order valence-corrected chi connectivity index (χ4v) is 3.16. The zero-order valence-corrected chi connectivity index (χ0v) is 15.5. The van der Waals surface area contributed by atoms with Gasteiger partial charge >= 0.3 is 0 Å². The van der Waals surface area contributed by atoms with Crippen LogP contribution in [-0.2, 0) is 4.74 Å². The van der Waals surface area contributed by atoms with Crippen LogP contribution in [0.25, 0.3) is 0 Å². The van der Waals surface area contributed by atoms with Crippen LogP contribution in [0.4, 0.5) is 5.69 Å². The summed E-state index contributed by atoms with van der Waals surface area (Å²) in [4.78, 5) is 9.02. The van der Waals surface area contributed by atoms with Crippen molar-refractivity contribution < 1.29 is 4.74 Å². The van der Waals surface area contributed by atoms with Crippen molar-refractivity contribution in [2.45, 2.75) is 0 Å². The van der Waals surface area contributed by atoms with Gasteiger partial charge in [-0.2, -0.15) is 5.26 Å². The molecule has 0 unspecified atom stereocenters. The summed E-state index contributed by atoms with van der Waals surface area (Å²) >= 11 is 0. The largest absolute Gasteiger partial charge is 0.494 e. The maximum Gasteiger partial charge on any atom is 0.154 e. The molecule has 1 saturated heterocycles. The Kier molecular flexibility index (Phi) is 6.10. The van der Waals surface area contributed by atoms with Gasteiger partial charge in [-0.3, -0.25) is 14.9 Å². The summed E-state index contributed by atoms with van der Waals surface area (Å²) in [6.45, 7) is 6.64. The van der Waals surface area contributed by atoms with Crippen molar-refractivity contribution in [3.8, 4) is 6.07 Å². The fourth-order valence-electron chi connectivity index (χ4n) is 3.16. The third-order valence-electron chi connectivity index (χ3n) is 4.84. The molecule has 26 heavy (non-hydrogen) atoms. The minimum Gasteiger partial charge on any atom is -0.494 e. The van der Waals surface area contributed by atoms with Gasteiger partial charge in [-0.15, -0.1) is 0 Å². The molecule has 138 valence electrons. The maximum atomic E-state index is 9.04. The Bertz CT molecular complexity index is 702. The third-order valence-corrected chi connectivity index (χ3v) is 4.84. The SMILES string of the molecule is COC1=CN(N2CCN(CCN(C)c3cccc(C#N)c3)CC2)CN=C1. The summed E-state index contributed by atoms with van der Waals surface area (Å²) in [5.41, 5.74) is 1.79. The van der Waals surface area contributed by atoms with Gasteiger partial charge < -0.3 is 9.64 Å². The highest BCUT2D eigenvalue weighted by molar-refractivity contribution is 5.76. The first-order chi connectivity index (χ1) is 12.7. The molecule has 1 aromatic carbocycles. The van der Waals surface area contributed by atoms with Gasteiger partial charge in [-0.25, -0.2) is 5.01 Å². The number of hydrogen-bond donors (Lipinski definition) is 0. The fraction of sp³-hybridized carbons (Fsp3) is 0.474. The average molecular weight is 354 g/mol. The summed E-state index contributed by atoms with van der Waals surface area (Å²) < 4.78 is 5.26. The molecule has 0 spiro atoms. The molecule has 0 N–H and O–H groups in total. The first-order valence-electron chi connectivity index (χ1n) is 8.90. The lowest BCUT2D eigenvalue weighted by Gasteiger charge is -2.41. The highest BCUT2D eigenvalue weighted by Crippen LogP contribution is 2.15. The van der Waals surface area contributed by atoms with Gasteiger partial charge in [0.25, 0.3) is 0 Å². The number of aliphatic imine (C=N–C) groups is 1. The van der Waals surface area contributed by atoms with Crippen LogP contribution in [0, 0.1) is 11.3 Å². The van der Waals surface area contributed by atoms with E-state index in [-0.39, 0.29) is 0 Å². The predicted molar refractivity (Wildman–Crippen MR) is 103 cm³/mol. The van der Waals surface area contributed by atoms with Gasteiger partial charge in [-0.05, 0) is 18.2 Å². The molecule has 0 bridgehead atoms. The maximum absolute atomic E-state index is 9.04. The summed E-state index contributed by atoms with van der Waals surface area (Å²) in [5, 5.41) is 13.5. The molecule has 2 aliphatic rings. The number of hydrogen-bond acceptors (Lipinski definition) is 7. The lowest BCUT2D eigenvalue weighted by Crippen LogP contribution is -2.53. The Morgan fingerprint density at radius 1 is 1.27 bits per heavy atom. The van der Waals surface area contributed by atoms with Crippen molar-refractivity contribution in [3.63, 3.8) is 0 Å². The van der Waals surface area contributed by atoms with E-state index < -0.39 is 0 Å². The van der Waals surface area contributed by atoms with Crippen LogP contribution in [0.15, 0.2) is 41.2 Å². The monoisotopic (exact) mass is 354 g/mol. The Balaban J connectivity index is 1.45. The number of ether oxygens (including phenoxy) is 1. The highest BCUT2D eigenvalue weighted by Gasteiger charge is 2.22. The first-order valence-corrected chi connectivity index (χ1v) is 8.90. The van der Waals surface area contributed by atoms with Crippen LogP contribution >= 0.6 is 0 Å². The smallest absolute Gasteiger partial charge is 0.154 e. The molecular formula is C19H26N6O. The molecule has 0 radical (unpaired) electrons. The number of methoxy groups -OCH3 is 1. The number of piperazine rings is 1. The zero-order chi connectivity index (χ0) is 18.4. The van der Waals surface area contributed by atoms with Gasteiger partial charge in [0.1, 0.15) is 6.67 Å². The van der Waals surface area contributed by atoms with E-state index in [1.807, 2.05) is 24.4 Å². The molecule has 0 atom stereocenters. The van der Waals surface area contributed by atoms with E-state index in [1.54, 1.807) is 13.3 Å². The van der Waals surface area contributed by atoms with Gasteiger partial charge in [0, 0.05) is 52.0 Å². The molecule has 0 amide bonds. The number of benzene rings is 1. The van der Waals surface area contributed by atoms with Gasteiger partial charge in [0.2, 0.25) is 0 Å². The van der Waals surface area contributed by atoms with E-state index >= 15 is 0 Å². The number of anilines is 1. The van der Waals surface area contributed by atoms with E-state index in [2.05, 4.69) is 44.0 Å². The Hall–Kier alpha value is -2.56. The summed E-state index contributed by atoms with van der Waals surface area (Å²) in [7, 11) is 3.75. The van der Waals surface area contributed by atoms with Crippen LogP contribution in [0.1, 0.15) is 5.56 Å². The molecule has 2 heterocycles. The van der Waals surface area contributed by atoms with Gasteiger partial charge in [-0.1, -0.05) is 6.07 Å². The number of nitriles is 1. The standard InChI is InChI=1S/C19H26N6O/c1-22(18-5-3-4-17(12-18)13-20)6-7-23-8-10-24(11-9-23)25-15-19(26-2)14-21-16-25/h3-5,12,14-15H,6-11,16H2,1-2H3. The van der Waals surface area contributed by atoms with E-state index in [9.17, 15) is 0 Å². The van der Waals surface area contributed by atoms with E-state index in [0.29, 0.717) is 12.2 Å². The van der Waals surface area contributed by atoms with E-state index in [4.69, 9.17) is 10.00 Å². The summed E-state index contributed by atoms with van der Waals surface area (Å²) in [5.74, 6) is 0.792. The molecule has 7 heteroatoms. The zero-order valence-electron chi connectivity index (χ0n) is 15.5. The summed E-state index contributed by atoms with van der Waals surface area (Å²) in [6.07, 6.45) is 3.78. The molecular weight excluding hydrogens is 328 g/mol. The van der Waals surface area contributed by atoms with Crippen molar-refractivity contribution in [3.05, 3.63) is 41.8 Å². The summed E-state index contributed by atoms with van der Waals surface area (Å²) in [6, 6.07) is 9.96. The third kappa shape index (κ3) is 4.54. The second-order valence-electron chi connectivity index (χ2n) is 6.51. The number of hydrazine groups is 1. The van der Waals surface area contributed by atoms with Crippen LogP contribution in [0.5, 0.6) is 0 Å². The molecule has 1 fully saturated rings. The molecule has 2 aliphatic heterocycles. The average Bonchev–Trinajstić information content (AvgIpc) is 2.72. The minimum atomic E-state index is 0.658. The van der Waals surface area contributed by atoms with Gasteiger partial charge in [0.05, 0.1) is 31.2 Å². The molecule has 0 saturated carbocycles. The quantitative estimate of drug-likeness (QED) is 0.769. The molecule has 0 aromatic heterocycles. The van der Waals surface area contributed by atoms with Crippen LogP contribution < -0.4 is 4.90 Å². The molecule has 0 aliphatic carbocycles. The Morgan fingerprint density at radius 2 is 2.08 bits per heavy atom. The number of rotatable bonds is 6. The second-order valence-corrected chi connectivity index (χ2v) is 6.51. The Morgan fingerprint density at radius 3 is 2.81 bits per heavy atom. The number of likely N-dealkylation sites (N-methyl/N-ethyl adjacent to an activating group) is 1. The topological polar surface area (TPSA) is 58.3 Å². The lowest BCUT2D eigenvalue weighted by molar-refractivity contribution is -0.0218. The number of nitrogens with zero attached hydrogens (tertiary/aromatic N) is 6. The van der Waals surface area contributed by atoms with Crippen molar-refractivity contribution >= 4 is 11.9 Å². The molecule has 7 nitrogen and oxygen atoms in total. The second kappa shape index (κ2) is 8.70. The van der Waals surface area contributed by atoms with Crippen molar-refractivity contribution in [2.24, 2.45) is 4.99 Å². The number of allylic oxidation sites excluding steroid dienone is 1. The molecule has 3 rings (SSSR count). The van der Waals surface area contributed by atoms with Crippen molar-refractivity contribution in [2.75, 3.05) is 65.0 Å².